The van der Waals surface area contributed by atoms with Gasteiger partial charge < -0.3 is 4.74 Å². The second-order valence-corrected chi connectivity index (χ2v) is 4.14. The molecule has 7 nitrogen and oxygen atoms in total. The summed E-state index contributed by atoms with van der Waals surface area (Å²) >= 11 is 0. The normalized spacial score (nSPS) is 10.7. The summed E-state index contributed by atoms with van der Waals surface area (Å²) in [6, 6.07) is 6.99. The van der Waals surface area contributed by atoms with Gasteiger partial charge in [0.15, 0.2) is 5.69 Å². The number of hydrogen-bond donors (Lipinski definition) is 0. The summed E-state index contributed by atoms with van der Waals surface area (Å²) in [6.07, 6.45) is 1.37. The van der Waals surface area contributed by atoms with Gasteiger partial charge in [0, 0.05) is 0 Å². The van der Waals surface area contributed by atoms with Crippen LogP contribution in [0.2, 0.25) is 0 Å². The Hall–Kier alpha value is -2.83. The molecule has 0 aliphatic heterocycles. The maximum Gasteiger partial charge on any atom is 0.271 e. The molecule has 0 fully saturated rings. The van der Waals surface area contributed by atoms with Crippen LogP contribution in [-0.2, 0) is 0 Å². The molecule has 3 rings (SSSR count). The van der Waals surface area contributed by atoms with E-state index >= 15 is 0 Å². The molecule has 0 aliphatic carbocycles. The fourth-order valence-corrected chi connectivity index (χ4v) is 1.98. The highest BCUT2D eigenvalue weighted by molar-refractivity contribution is 6.10. The van der Waals surface area contributed by atoms with Gasteiger partial charge in [0.1, 0.15) is 12.1 Å². The van der Waals surface area contributed by atoms with Gasteiger partial charge in [0.05, 0.1) is 18.4 Å². The molecule has 7 heteroatoms. The van der Waals surface area contributed by atoms with Gasteiger partial charge in [0.2, 0.25) is 5.78 Å². The molecule has 2 heterocycles. The summed E-state index contributed by atoms with van der Waals surface area (Å²) < 4.78 is 6.68. The van der Waals surface area contributed by atoms with E-state index in [9.17, 15) is 4.79 Å². The van der Waals surface area contributed by atoms with Crippen LogP contribution in [0.5, 0.6) is 5.75 Å². The molecule has 0 saturated heterocycles. The number of hydrogen-bond acceptors (Lipinski definition) is 6. The first-order valence-corrected chi connectivity index (χ1v) is 5.93. The maximum absolute atomic E-state index is 12.6. The third-order valence-electron chi connectivity index (χ3n) is 3.00. The van der Waals surface area contributed by atoms with Crippen LogP contribution in [0.3, 0.4) is 0 Å². The van der Waals surface area contributed by atoms with Gasteiger partial charge in [-0.2, -0.15) is 14.6 Å². The van der Waals surface area contributed by atoms with Crippen molar-refractivity contribution in [1.29, 1.82) is 0 Å². The predicted molar refractivity (Wildman–Crippen MR) is 69.7 cm³/mol. The third-order valence-corrected chi connectivity index (χ3v) is 3.00. The minimum absolute atomic E-state index is 0.229. The van der Waals surface area contributed by atoms with E-state index in [1.165, 1.54) is 18.0 Å². The minimum atomic E-state index is -0.259. The lowest BCUT2D eigenvalue weighted by atomic mass is 10.1. The Morgan fingerprint density at radius 2 is 2.05 bits per heavy atom. The van der Waals surface area contributed by atoms with Crippen LogP contribution in [0.1, 0.15) is 21.7 Å². The number of para-hydroxylation sites is 1. The molecule has 0 N–H and O–H groups in total. The summed E-state index contributed by atoms with van der Waals surface area (Å²) in [4.78, 5) is 16.5. The highest BCUT2D eigenvalue weighted by Gasteiger charge is 2.20. The Morgan fingerprint density at radius 1 is 1.25 bits per heavy atom. The highest BCUT2D eigenvalue weighted by Crippen LogP contribution is 2.21. The Bertz CT molecular complexity index is 796. The number of carbonyl (C=O) groups excluding carboxylic acids is 1. The van der Waals surface area contributed by atoms with Crippen LogP contribution < -0.4 is 4.74 Å². The van der Waals surface area contributed by atoms with E-state index in [4.69, 9.17) is 4.74 Å². The quantitative estimate of drug-likeness (QED) is 0.661. The topological polar surface area (TPSA) is 82.3 Å². The molecule has 100 valence electrons. The van der Waals surface area contributed by atoms with Crippen molar-refractivity contribution in [2.45, 2.75) is 6.92 Å². The molecule has 0 spiro atoms. The van der Waals surface area contributed by atoms with Crippen molar-refractivity contribution in [2.75, 3.05) is 7.11 Å². The number of fused-ring (bicyclic) bond motifs is 1. The van der Waals surface area contributed by atoms with Crippen LogP contribution >= 0.6 is 0 Å². The molecule has 0 atom stereocenters. The van der Waals surface area contributed by atoms with Gasteiger partial charge in [-0.1, -0.05) is 12.1 Å². The summed E-state index contributed by atoms with van der Waals surface area (Å²) in [5, 5.41) is 11.9. The SMILES string of the molecule is COc1ccccc1C(=O)c1nnc2ncnn2c1C. The maximum atomic E-state index is 12.6. The summed E-state index contributed by atoms with van der Waals surface area (Å²) in [5.41, 5.74) is 1.25. The zero-order valence-electron chi connectivity index (χ0n) is 10.9. The first-order chi connectivity index (χ1) is 9.72. The molecule has 0 saturated carbocycles. The standard InChI is InChI=1S/C13H11N5O2/c1-8-11(16-17-13-14-7-15-18(8)13)12(19)9-5-3-4-6-10(9)20-2/h3-7H,1-2H3. The van der Waals surface area contributed by atoms with Crippen molar-refractivity contribution in [2.24, 2.45) is 0 Å². The molecule has 20 heavy (non-hydrogen) atoms. The molecular weight excluding hydrogens is 258 g/mol. The monoisotopic (exact) mass is 269 g/mol. The van der Waals surface area contributed by atoms with Gasteiger partial charge in [-0.05, 0) is 19.1 Å². The lowest BCUT2D eigenvalue weighted by molar-refractivity contribution is 0.102. The zero-order chi connectivity index (χ0) is 14.1. The summed E-state index contributed by atoms with van der Waals surface area (Å²) in [6.45, 7) is 1.75. The number of carbonyl (C=O) groups is 1. The predicted octanol–water partition coefficient (Wildman–Crippen LogP) is 1.07. The smallest absolute Gasteiger partial charge is 0.271 e. The molecule has 0 bridgehead atoms. The Morgan fingerprint density at radius 3 is 2.85 bits per heavy atom. The highest BCUT2D eigenvalue weighted by atomic mass is 16.5. The number of ether oxygens (including phenoxy) is 1. The van der Waals surface area contributed by atoms with Gasteiger partial charge in [-0.3, -0.25) is 4.79 Å². The van der Waals surface area contributed by atoms with Gasteiger partial charge in [0.25, 0.3) is 5.78 Å². The number of nitrogens with zero attached hydrogens (tertiary/aromatic N) is 5. The summed E-state index contributed by atoms with van der Waals surface area (Å²) in [7, 11) is 1.52. The fraction of sp³-hybridized carbons (Fsp3) is 0.154. The van der Waals surface area contributed by atoms with Crippen LogP contribution in [0.15, 0.2) is 30.6 Å². The Labute approximate surface area is 114 Å². The first-order valence-electron chi connectivity index (χ1n) is 5.93. The average molecular weight is 269 g/mol. The van der Waals surface area contributed by atoms with E-state index in [2.05, 4.69) is 20.3 Å². The van der Waals surface area contributed by atoms with Gasteiger partial charge in [-0.15, -0.1) is 10.2 Å². The van der Waals surface area contributed by atoms with Gasteiger partial charge >= 0.3 is 0 Å². The molecule has 2 aromatic heterocycles. The third kappa shape index (κ3) is 1.80. The van der Waals surface area contributed by atoms with Crippen molar-refractivity contribution in [3.8, 4) is 5.75 Å². The fourth-order valence-electron chi connectivity index (χ4n) is 1.98. The largest absolute Gasteiger partial charge is 0.496 e. The lowest BCUT2D eigenvalue weighted by Gasteiger charge is -2.08. The minimum Gasteiger partial charge on any atom is -0.496 e. The van der Waals surface area contributed by atoms with Crippen molar-refractivity contribution in [3.05, 3.63) is 47.5 Å². The molecule has 0 aliphatic rings. The van der Waals surface area contributed by atoms with E-state index in [1.807, 2.05) is 0 Å². The van der Waals surface area contributed by atoms with Crippen molar-refractivity contribution in [1.82, 2.24) is 24.8 Å². The number of rotatable bonds is 3. The number of benzene rings is 1. The molecule has 0 amide bonds. The zero-order valence-corrected chi connectivity index (χ0v) is 10.9. The number of ketones is 1. The molecule has 1 aromatic carbocycles. The van der Waals surface area contributed by atoms with E-state index in [0.29, 0.717) is 22.8 Å². The molecular formula is C13H11N5O2. The number of aryl methyl sites for hydroxylation is 1. The van der Waals surface area contributed by atoms with Crippen molar-refractivity contribution in [3.63, 3.8) is 0 Å². The van der Waals surface area contributed by atoms with E-state index in [0.717, 1.165) is 0 Å². The summed E-state index contributed by atoms with van der Waals surface area (Å²) in [5.74, 6) is 0.598. The lowest BCUT2D eigenvalue weighted by Crippen LogP contribution is -2.13. The molecule has 0 radical (unpaired) electrons. The van der Waals surface area contributed by atoms with Crippen molar-refractivity contribution < 1.29 is 9.53 Å². The first kappa shape index (κ1) is 12.2. The average Bonchev–Trinajstić information content (AvgIpc) is 2.96. The number of aromatic nitrogens is 5. The second-order valence-electron chi connectivity index (χ2n) is 4.14. The van der Waals surface area contributed by atoms with Crippen LogP contribution in [-0.4, -0.2) is 37.7 Å². The van der Waals surface area contributed by atoms with E-state index < -0.39 is 0 Å². The second kappa shape index (κ2) is 4.69. The molecule has 0 unspecified atom stereocenters. The van der Waals surface area contributed by atoms with E-state index in [-0.39, 0.29) is 11.5 Å². The Balaban J connectivity index is 2.15. The molecule has 3 aromatic rings. The van der Waals surface area contributed by atoms with Gasteiger partial charge in [-0.25, -0.2) is 0 Å². The number of methoxy groups -OCH3 is 1. The van der Waals surface area contributed by atoms with Crippen molar-refractivity contribution >= 4 is 11.6 Å². The van der Waals surface area contributed by atoms with Crippen LogP contribution in [0, 0.1) is 6.92 Å². The van der Waals surface area contributed by atoms with Crippen LogP contribution in [0.25, 0.3) is 5.78 Å². The Kier molecular flexibility index (Phi) is 2.86. The van der Waals surface area contributed by atoms with E-state index in [1.54, 1.807) is 31.2 Å². The van der Waals surface area contributed by atoms with Crippen LogP contribution in [0.4, 0.5) is 0 Å².